The number of nitrogen functional groups attached to an aromatic ring is 1. The minimum atomic E-state index is 0.218. The summed E-state index contributed by atoms with van der Waals surface area (Å²) in [6, 6.07) is 9.49. The van der Waals surface area contributed by atoms with Gasteiger partial charge in [0.25, 0.3) is 0 Å². The summed E-state index contributed by atoms with van der Waals surface area (Å²) in [5.41, 5.74) is 5.66. The molecule has 2 heterocycles. The molecule has 0 aliphatic heterocycles. The lowest BCUT2D eigenvalue weighted by Gasteiger charge is -2.06. The summed E-state index contributed by atoms with van der Waals surface area (Å²) in [6.07, 6.45) is 0. The number of nitrogens with two attached hydrogens (primary N) is 1. The highest BCUT2D eigenvalue weighted by molar-refractivity contribution is 9.10. The van der Waals surface area contributed by atoms with Gasteiger partial charge in [-0.1, -0.05) is 22.0 Å². The number of thiophene rings is 1. The zero-order valence-corrected chi connectivity index (χ0v) is 11.5. The maximum absolute atomic E-state index is 5.76. The summed E-state index contributed by atoms with van der Waals surface area (Å²) >= 11 is 4.91. The molecule has 0 aliphatic carbocycles. The van der Waals surface area contributed by atoms with Crippen LogP contribution in [0.2, 0.25) is 0 Å². The fourth-order valence-corrected chi connectivity index (χ4v) is 2.70. The van der Waals surface area contributed by atoms with Crippen LogP contribution in [0, 0.1) is 0 Å². The number of benzene rings is 1. The zero-order valence-electron chi connectivity index (χ0n) is 9.13. The van der Waals surface area contributed by atoms with Crippen molar-refractivity contribution in [1.82, 2.24) is 9.97 Å². The summed E-state index contributed by atoms with van der Waals surface area (Å²) in [7, 11) is 0. The monoisotopic (exact) mass is 321 g/mol. The molecule has 2 aromatic heterocycles. The molecule has 3 rings (SSSR count). The number of hydrogen-bond acceptors (Lipinski definition) is 5. The van der Waals surface area contributed by atoms with Gasteiger partial charge in [-0.2, -0.15) is 4.98 Å². The second kappa shape index (κ2) is 4.55. The Labute approximate surface area is 116 Å². The van der Waals surface area contributed by atoms with E-state index in [0.29, 0.717) is 11.6 Å². The Balaban J connectivity index is 2.06. The first-order valence-corrected chi connectivity index (χ1v) is 6.84. The molecule has 0 saturated carbocycles. The molecular formula is C12H8BrN3OS. The Bertz CT molecular complexity index is 713. The van der Waals surface area contributed by atoms with Gasteiger partial charge in [-0.3, -0.25) is 0 Å². The maximum atomic E-state index is 5.76. The van der Waals surface area contributed by atoms with Gasteiger partial charge < -0.3 is 10.5 Å². The van der Waals surface area contributed by atoms with Gasteiger partial charge in [0.2, 0.25) is 11.8 Å². The van der Waals surface area contributed by atoms with E-state index in [0.717, 1.165) is 14.7 Å². The van der Waals surface area contributed by atoms with Crippen molar-refractivity contribution >= 4 is 43.4 Å². The first-order chi connectivity index (χ1) is 8.72. The Morgan fingerprint density at radius 2 is 2.11 bits per heavy atom. The molecule has 0 radical (unpaired) electrons. The molecule has 0 amide bonds. The van der Waals surface area contributed by atoms with E-state index < -0.39 is 0 Å². The number of halogens is 1. The smallest absolute Gasteiger partial charge is 0.232 e. The molecule has 3 aromatic rings. The molecule has 0 aliphatic rings. The largest absolute Gasteiger partial charge is 0.438 e. The molecule has 0 bridgehead atoms. The van der Waals surface area contributed by atoms with Crippen molar-refractivity contribution in [2.45, 2.75) is 0 Å². The van der Waals surface area contributed by atoms with Crippen LogP contribution in [0.15, 0.2) is 40.2 Å². The standard InChI is InChI=1S/C12H8BrN3OS/c13-7-2-1-3-8(6-7)17-10-9-4-5-18-11(9)16-12(14)15-10/h1-6H,(H2,14,15,16). The number of nitrogens with zero attached hydrogens (tertiary/aromatic N) is 2. The second-order valence-corrected chi connectivity index (χ2v) is 5.40. The van der Waals surface area contributed by atoms with E-state index in [1.165, 1.54) is 11.3 Å². The van der Waals surface area contributed by atoms with E-state index in [-0.39, 0.29) is 5.95 Å². The first-order valence-electron chi connectivity index (χ1n) is 5.16. The topological polar surface area (TPSA) is 61.0 Å². The lowest BCUT2D eigenvalue weighted by atomic mass is 10.3. The van der Waals surface area contributed by atoms with Crippen molar-refractivity contribution in [2.24, 2.45) is 0 Å². The molecule has 0 spiro atoms. The number of ether oxygens (including phenoxy) is 1. The predicted molar refractivity (Wildman–Crippen MR) is 76.0 cm³/mol. The van der Waals surface area contributed by atoms with Crippen LogP contribution in [0.1, 0.15) is 0 Å². The zero-order chi connectivity index (χ0) is 12.5. The van der Waals surface area contributed by atoms with E-state index >= 15 is 0 Å². The SMILES string of the molecule is Nc1nc(Oc2cccc(Br)c2)c2ccsc2n1. The summed E-state index contributed by atoms with van der Waals surface area (Å²) in [5.74, 6) is 1.40. The molecule has 0 atom stereocenters. The minimum absolute atomic E-state index is 0.218. The lowest BCUT2D eigenvalue weighted by Crippen LogP contribution is -1.97. The third-order valence-corrected chi connectivity index (χ3v) is 3.62. The Hall–Kier alpha value is -1.66. The number of hydrogen-bond donors (Lipinski definition) is 1. The molecule has 18 heavy (non-hydrogen) atoms. The van der Waals surface area contributed by atoms with Gasteiger partial charge in [0.05, 0.1) is 5.39 Å². The number of rotatable bonds is 2. The summed E-state index contributed by atoms with van der Waals surface area (Å²) in [5, 5.41) is 2.81. The number of anilines is 1. The Morgan fingerprint density at radius 3 is 2.94 bits per heavy atom. The molecule has 4 nitrogen and oxygen atoms in total. The van der Waals surface area contributed by atoms with Crippen molar-refractivity contribution < 1.29 is 4.74 Å². The maximum Gasteiger partial charge on any atom is 0.232 e. The van der Waals surface area contributed by atoms with Crippen molar-refractivity contribution in [1.29, 1.82) is 0 Å². The minimum Gasteiger partial charge on any atom is -0.438 e. The average molecular weight is 322 g/mol. The molecule has 1 aromatic carbocycles. The third-order valence-electron chi connectivity index (χ3n) is 2.32. The highest BCUT2D eigenvalue weighted by Crippen LogP contribution is 2.31. The highest BCUT2D eigenvalue weighted by atomic mass is 79.9. The van der Waals surface area contributed by atoms with Crippen molar-refractivity contribution in [3.8, 4) is 11.6 Å². The van der Waals surface area contributed by atoms with Crippen LogP contribution >= 0.6 is 27.3 Å². The third kappa shape index (κ3) is 2.16. The van der Waals surface area contributed by atoms with Gasteiger partial charge in [-0.15, -0.1) is 11.3 Å². The van der Waals surface area contributed by atoms with E-state index in [1.807, 2.05) is 35.7 Å². The van der Waals surface area contributed by atoms with Crippen LogP contribution in [0.25, 0.3) is 10.2 Å². The van der Waals surface area contributed by atoms with Gasteiger partial charge >= 0.3 is 0 Å². The van der Waals surface area contributed by atoms with Crippen molar-refractivity contribution in [2.75, 3.05) is 5.73 Å². The van der Waals surface area contributed by atoms with Crippen LogP contribution in [0.5, 0.6) is 11.6 Å². The van der Waals surface area contributed by atoms with E-state index in [9.17, 15) is 0 Å². The second-order valence-electron chi connectivity index (χ2n) is 3.59. The van der Waals surface area contributed by atoms with Crippen molar-refractivity contribution in [3.05, 3.63) is 40.2 Å². The molecular weight excluding hydrogens is 314 g/mol. The molecule has 0 saturated heterocycles. The van der Waals surface area contributed by atoms with Crippen LogP contribution in [0.4, 0.5) is 5.95 Å². The van der Waals surface area contributed by atoms with Gasteiger partial charge in [-0.05, 0) is 29.6 Å². The molecule has 0 fully saturated rings. The lowest BCUT2D eigenvalue weighted by molar-refractivity contribution is 0.469. The van der Waals surface area contributed by atoms with Crippen LogP contribution in [-0.4, -0.2) is 9.97 Å². The molecule has 90 valence electrons. The normalized spacial score (nSPS) is 10.7. The average Bonchev–Trinajstić information content (AvgIpc) is 2.77. The fraction of sp³-hybridized carbons (Fsp3) is 0. The van der Waals surface area contributed by atoms with Gasteiger partial charge in [0.1, 0.15) is 10.6 Å². The van der Waals surface area contributed by atoms with Gasteiger partial charge in [0, 0.05) is 4.47 Å². The van der Waals surface area contributed by atoms with E-state index in [4.69, 9.17) is 10.5 Å². The number of aromatic nitrogens is 2. The molecule has 2 N–H and O–H groups in total. The predicted octanol–water partition coefficient (Wildman–Crippen LogP) is 3.83. The quantitative estimate of drug-likeness (QED) is 0.779. The first kappa shape index (κ1) is 11.4. The van der Waals surface area contributed by atoms with E-state index in [1.54, 1.807) is 0 Å². The molecule has 6 heteroatoms. The van der Waals surface area contributed by atoms with Gasteiger partial charge in [0.15, 0.2) is 0 Å². The highest BCUT2D eigenvalue weighted by Gasteiger charge is 2.09. The van der Waals surface area contributed by atoms with Crippen LogP contribution in [-0.2, 0) is 0 Å². The number of fused-ring (bicyclic) bond motifs is 1. The van der Waals surface area contributed by atoms with Crippen LogP contribution in [0.3, 0.4) is 0 Å². The van der Waals surface area contributed by atoms with Gasteiger partial charge in [-0.25, -0.2) is 4.98 Å². The van der Waals surface area contributed by atoms with E-state index in [2.05, 4.69) is 25.9 Å². The summed E-state index contributed by atoms with van der Waals surface area (Å²) in [4.78, 5) is 9.11. The molecule has 0 unspecified atom stereocenters. The fourth-order valence-electron chi connectivity index (χ4n) is 1.56. The summed E-state index contributed by atoms with van der Waals surface area (Å²) < 4.78 is 6.70. The Kier molecular flexibility index (Phi) is 2.89. The van der Waals surface area contributed by atoms with Crippen molar-refractivity contribution in [3.63, 3.8) is 0 Å². The van der Waals surface area contributed by atoms with Crippen LogP contribution < -0.4 is 10.5 Å². The summed E-state index contributed by atoms with van der Waals surface area (Å²) in [6.45, 7) is 0. The Morgan fingerprint density at radius 1 is 1.22 bits per heavy atom.